The summed E-state index contributed by atoms with van der Waals surface area (Å²) in [4.78, 5) is 10.4. The zero-order valence-corrected chi connectivity index (χ0v) is 13.9. The Labute approximate surface area is 138 Å². The Morgan fingerprint density at radius 3 is 2.74 bits per heavy atom. The second-order valence-corrected chi connectivity index (χ2v) is 5.60. The van der Waals surface area contributed by atoms with E-state index in [1.54, 1.807) is 0 Å². The zero-order chi connectivity index (χ0) is 16.9. The Morgan fingerprint density at radius 1 is 1.22 bits per heavy atom. The zero-order valence-electron chi connectivity index (χ0n) is 13.9. The van der Waals surface area contributed by atoms with Crippen molar-refractivity contribution in [2.75, 3.05) is 6.61 Å². The lowest BCUT2D eigenvalue weighted by Crippen LogP contribution is -2.03. The fourth-order valence-electron chi connectivity index (χ4n) is 2.26. The van der Waals surface area contributed by atoms with Gasteiger partial charge in [-0.2, -0.15) is 0 Å². The summed E-state index contributed by atoms with van der Waals surface area (Å²) in [6.07, 6.45) is 8.57. The Morgan fingerprint density at radius 2 is 2.00 bits per heavy atom. The number of para-hydroxylation sites is 1. The first kappa shape index (κ1) is 19.2. The number of aliphatic carboxylic acids is 1. The molecule has 23 heavy (non-hydrogen) atoms. The summed E-state index contributed by atoms with van der Waals surface area (Å²) in [5.41, 5.74) is 0.805. The maximum absolute atomic E-state index is 10.4. The van der Waals surface area contributed by atoms with E-state index in [2.05, 4.69) is 6.92 Å². The molecule has 0 amide bonds. The van der Waals surface area contributed by atoms with E-state index in [-0.39, 0.29) is 6.42 Å². The molecule has 1 unspecified atom stereocenters. The first-order chi connectivity index (χ1) is 11.1. The molecule has 1 aromatic rings. The molecule has 4 heteroatoms. The van der Waals surface area contributed by atoms with Gasteiger partial charge in [-0.25, -0.2) is 0 Å². The summed E-state index contributed by atoms with van der Waals surface area (Å²) >= 11 is 0. The van der Waals surface area contributed by atoms with Crippen LogP contribution in [0.3, 0.4) is 0 Å². The van der Waals surface area contributed by atoms with Crippen molar-refractivity contribution in [2.45, 2.75) is 58.0 Å². The summed E-state index contributed by atoms with van der Waals surface area (Å²) in [6, 6.07) is 7.58. The van der Waals surface area contributed by atoms with E-state index in [1.165, 1.54) is 0 Å². The molecule has 0 aliphatic rings. The van der Waals surface area contributed by atoms with E-state index in [1.807, 2.05) is 36.4 Å². The van der Waals surface area contributed by atoms with Crippen molar-refractivity contribution in [3.8, 4) is 5.75 Å². The maximum atomic E-state index is 10.4. The monoisotopic (exact) mass is 320 g/mol. The van der Waals surface area contributed by atoms with Crippen LogP contribution in [0, 0.1) is 0 Å². The molecule has 0 aromatic heterocycles. The molecule has 0 bridgehead atoms. The summed E-state index contributed by atoms with van der Waals surface area (Å²) < 4.78 is 5.78. The first-order valence-electron chi connectivity index (χ1n) is 8.41. The quantitative estimate of drug-likeness (QED) is 0.440. The van der Waals surface area contributed by atoms with Gasteiger partial charge in [-0.05, 0) is 31.7 Å². The Hall–Kier alpha value is -1.81. The van der Waals surface area contributed by atoms with Crippen LogP contribution >= 0.6 is 0 Å². The first-order valence-corrected chi connectivity index (χ1v) is 8.41. The molecule has 0 radical (unpaired) electrons. The minimum absolute atomic E-state index is 0.182. The summed E-state index contributed by atoms with van der Waals surface area (Å²) in [7, 11) is 0. The minimum Gasteiger partial charge on any atom is -0.493 e. The lowest BCUT2D eigenvalue weighted by molar-refractivity contribution is -0.137. The van der Waals surface area contributed by atoms with E-state index >= 15 is 0 Å². The lowest BCUT2D eigenvalue weighted by Gasteiger charge is -2.15. The molecule has 1 atom stereocenters. The Balaban J connectivity index is 2.43. The van der Waals surface area contributed by atoms with Gasteiger partial charge in [-0.3, -0.25) is 4.79 Å². The predicted molar refractivity (Wildman–Crippen MR) is 91.7 cm³/mol. The number of benzene rings is 1. The van der Waals surface area contributed by atoms with Gasteiger partial charge in [0.1, 0.15) is 5.75 Å². The normalized spacial score (nSPS) is 12.4. The van der Waals surface area contributed by atoms with Crippen LogP contribution in [0.1, 0.15) is 63.5 Å². The van der Waals surface area contributed by atoms with Gasteiger partial charge in [0, 0.05) is 12.0 Å². The van der Waals surface area contributed by atoms with Gasteiger partial charge in [-0.1, -0.05) is 50.1 Å². The molecule has 0 saturated heterocycles. The van der Waals surface area contributed by atoms with Crippen LogP contribution in [0.25, 0.3) is 0 Å². The highest BCUT2D eigenvalue weighted by molar-refractivity contribution is 5.66. The number of rotatable bonds is 12. The van der Waals surface area contributed by atoms with Crippen LogP contribution < -0.4 is 4.74 Å². The van der Waals surface area contributed by atoms with Crippen molar-refractivity contribution in [2.24, 2.45) is 0 Å². The number of carboxylic acids is 1. The average Bonchev–Trinajstić information content (AvgIpc) is 2.54. The highest BCUT2D eigenvalue weighted by Crippen LogP contribution is 2.27. The van der Waals surface area contributed by atoms with Crippen molar-refractivity contribution < 1.29 is 19.7 Å². The maximum Gasteiger partial charge on any atom is 0.303 e. The van der Waals surface area contributed by atoms with Crippen molar-refractivity contribution >= 4 is 5.97 Å². The standard InChI is InChI=1S/C19H28O4/c1-2-3-10-15-23-18-13-9-8-11-16(18)17(20)12-6-4-5-7-14-19(21)22/h4,6,8-9,11,13,17,20H,2-3,5,7,10,12,14-15H2,1H3,(H,21,22)/b6-4+. The van der Waals surface area contributed by atoms with Crippen molar-refractivity contribution in [1.29, 1.82) is 0 Å². The minimum atomic E-state index is -0.771. The van der Waals surface area contributed by atoms with Crippen molar-refractivity contribution in [3.63, 3.8) is 0 Å². The second kappa shape index (κ2) is 11.7. The van der Waals surface area contributed by atoms with Crippen LogP contribution in [0.5, 0.6) is 5.75 Å². The molecule has 0 spiro atoms. The van der Waals surface area contributed by atoms with Crippen molar-refractivity contribution in [1.82, 2.24) is 0 Å². The largest absolute Gasteiger partial charge is 0.493 e. The average molecular weight is 320 g/mol. The number of aliphatic hydroxyl groups excluding tert-OH is 1. The van der Waals surface area contributed by atoms with Gasteiger partial charge in [0.2, 0.25) is 0 Å². The van der Waals surface area contributed by atoms with Gasteiger partial charge < -0.3 is 14.9 Å². The third kappa shape index (κ3) is 8.41. The van der Waals surface area contributed by atoms with E-state index in [0.29, 0.717) is 25.9 Å². The molecule has 0 fully saturated rings. The van der Waals surface area contributed by atoms with E-state index in [0.717, 1.165) is 30.6 Å². The number of hydrogen-bond acceptors (Lipinski definition) is 3. The molecule has 0 saturated carbocycles. The summed E-state index contributed by atoms with van der Waals surface area (Å²) in [5, 5.41) is 18.9. The van der Waals surface area contributed by atoms with E-state index in [4.69, 9.17) is 9.84 Å². The molecule has 0 aliphatic heterocycles. The van der Waals surface area contributed by atoms with Gasteiger partial charge in [0.15, 0.2) is 0 Å². The molecular formula is C19H28O4. The van der Waals surface area contributed by atoms with Crippen LogP contribution in [0.4, 0.5) is 0 Å². The van der Waals surface area contributed by atoms with Crippen LogP contribution in [-0.2, 0) is 4.79 Å². The molecule has 1 aromatic carbocycles. The van der Waals surface area contributed by atoms with E-state index in [9.17, 15) is 9.90 Å². The number of ether oxygens (including phenoxy) is 1. The number of carbonyl (C=O) groups is 1. The summed E-state index contributed by atoms with van der Waals surface area (Å²) in [6.45, 7) is 2.82. The molecule has 1 rings (SSSR count). The predicted octanol–water partition coefficient (Wildman–Crippen LogP) is 4.49. The summed E-state index contributed by atoms with van der Waals surface area (Å²) in [5.74, 6) is -0.0250. The third-order valence-corrected chi connectivity index (χ3v) is 3.57. The molecule has 2 N–H and O–H groups in total. The van der Waals surface area contributed by atoms with Crippen LogP contribution in [0.15, 0.2) is 36.4 Å². The van der Waals surface area contributed by atoms with Gasteiger partial charge in [0.25, 0.3) is 0 Å². The number of aliphatic hydroxyl groups is 1. The number of hydrogen-bond donors (Lipinski definition) is 2. The van der Waals surface area contributed by atoms with Crippen LogP contribution in [-0.4, -0.2) is 22.8 Å². The molecule has 0 heterocycles. The van der Waals surface area contributed by atoms with Crippen molar-refractivity contribution in [3.05, 3.63) is 42.0 Å². The topological polar surface area (TPSA) is 66.8 Å². The SMILES string of the molecule is CCCCCOc1ccccc1C(O)C/C=C/CCCC(=O)O. The molecule has 4 nitrogen and oxygen atoms in total. The molecule has 0 aliphatic carbocycles. The smallest absolute Gasteiger partial charge is 0.303 e. The van der Waals surface area contributed by atoms with Gasteiger partial charge in [-0.15, -0.1) is 0 Å². The Kier molecular flexibility index (Phi) is 9.80. The number of allylic oxidation sites excluding steroid dienone is 1. The number of unbranched alkanes of at least 4 members (excludes halogenated alkanes) is 3. The molecular weight excluding hydrogens is 292 g/mol. The fourth-order valence-corrected chi connectivity index (χ4v) is 2.26. The highest BCUT2D eigenvalue weighted by atomic mass is 16.5. The lowest BCUT2D eigenvalue weighted by atomic mass is 10.0. The van der Waals surface area contributed by atoms with Crippen LogP contribution in [0.2, 0.25) is 0 Å². The fraction of sp³-hybridized carbons (Fsp3) is 0.526. The van der Waals surface area contributed by atoms with E-state index < -0.39 is 12.1 Å². The Bertz CT molecular complexity index is 482. The van der Waals surface area contributed by atoms with Gasteiger partial charge in [0.05, 0.1) is 12.7 Å². The van der Waals surface area contributed by atoms with Gasteiger partial charge >= 0.3 is 5.97 Å². The number of carboxylic acid groups (broad SMARTS) is 1. The second-order valence-electron chi connectivity index (χ2n) is 5.60. The third-order valence-electron chi connectivity index (χ3n) is 3.57. The highest BCUT2D eigenvalue weighted by Gasteiger charge is 2.11. The molecule has 128 valence electrons.